The van der Waals surface area contributed by atoms with Gasteiger partial charge in [-0.25, -0.2) is 0 Å². The molecular formula is C15H10Cl2O. The molecule has 0 atom stereocenters. The smallest absolute Gasteiger partial charge is 0.195 e. The predicted octanol–water partition coefficient (Wildman–Crippen LogP) is 4.44. The lowest BCUT2D eigenvalue weighted by atomic mass is 9.84. The molecule has 0 N–H and O–H groups in total. The number of benzene rings is 2. The first-order valence-corrected chi connectivity index (χ1v) is 6.45. The van der Waals surface area contributed by atoms with E-state index in [0.29, 0.717) is 22.0 Å². The molecule has 0 unspecified atom stereocenters. The number of hydrogen-bond acceptors (Lipinski definition) is 1. The number of hydrogen-bond donors (Lipinski definition) is 0. The normalized spacial score (nSPS) is 13.2. The summed E-state index contributed by atoms with van der Waals surface area (Å²) in [5, 5.41) is 1.10. The fourth-order valence-corrected chi connectivity index (χ4v) is 2.97. The van der Waals surface area contributed by atoms with Crippen LogP contribution in [0.2, 0.25) is 10.0 Å². The summed E-state index contributed by atoms with van der Waals surface area (Å²) >= 11 is 12.4. The molecule has 0 spiro atoms. The summed E-state index contributed by atoms with van der Waals surface area (Å²) in [5.74, 6) is -0.00313. The van der Waals surface area contributed by atoms with Crippen molar-refractivity contribution in [3.8, 4) is 0 Å². The third-order valence-corrected chi connectivity index (χ3v) is 4.26. The van der Waals surface area contributed by atoms with Gasteiger partial charge >= 0.3 is 0 Å². The molecule has 2 aromatic rings. The summed E-state index contributed by atoms with van der Waals surface area (Å²) in [7, 11) is 0. The molecule has 1 aliphatic carbocycles. The number of carbonyl (C=O) groups is 1. The van der Waals surface area contributed by atoms with Crippen molar-refractivity contribution in [2.75, 3.05) is 0 Å². The van der Waals surface area contributed by atoms with Gasteiger partial charge < -0.3 is 0 Å². The zero-order chi connectivity index (χ0) is 12.9. The number of fused-ring (bicyclic) bond motifs is 2. The van der Waals surface area contributed by atoms with Crippen molar-refractivity contribution >= 4 is 29.0 Å². The number of halogens is 2. The molecule has 0 heterocycles. The minimum absolute atomic E-state index is 0.00313. The standard InChI is InChI=1S/C15H10Cl2O/c1-8-12(16)7-10-6-9-4-2-3-5-11(9)15(18)13(10)14(8)17/h2-5,7H,6H2,1H3. The van der Waals surface area contributed by atoms with Gasteiger partial charge in [0, 0.05) is 16.1 Å². The Labute approximate surface area is 115 Å². The van der Waals surface area contributed by atoms with E-state index < -0.39 is 0 Å². The maximum absolute atomic E-state index is 12.5. The lowest BCUT2D eigenvalue weighted by Crippen LogP contribution is -2.16. The van der Waals surface area contributed by atoms with Crippen LogP contribution in [-0.4, -0.2) is 5.78 Å². The maximum Gasteiger partial charge on any atom is 0.195 e. The molecule has 3 rings (SSSR count). The van der Waals surface area contributed by atoms with Crippen LogP contribution in [0, 0.1) is 6.92 Å². The van der Waals surface area contributed by atoms with Crippen molar-refractivity contribution in [3.05, 3.63) is 68.2 Å². The van der Waals surface area contributed by atoms with Gasteiger partial charge in [-0.15, -0.1) is 0 Å². The zero-order valence-corrected chi connectivity index (χ0v) is 11.3. The Kier molecular flexibility index (Phi) is 2.69. The average molecular weight is 277 g/mol. The lowest BCUT2D eigenvalue weighted by Gasteiger charge is -2.21. The summed E-state index contributed by atoms with van der Waals surface area (Å²) in [5.41, 5.74) is 4.07. The highest BCUT2D eigenvalue weighted by atomic mass is 35.5. The van der Waals surface area contributed by atoms with E-state index in [2.05, 4.69) is 0 Å². The molecule has 0 radical (unpaired) electrons. The molecule has 0 aromatic heterocycles. The molecule has 0 amide bonds. The molecule has 1 nitrogen and oxygen atoms in total. The summed E-state index contributed by atoms with van der Waals surface area (Å²) in [6, 6.07) is 9.48. The molecule has 1 aliphatic rings. The van der Waals surface area contributed by atoms with Gasteiger partial charge in [0.25, 0.3) is 0 Å². The Balaban J connectivity index is 2.29. The topological polar surface area (TPSA) is 17.1 Å². The fourth-order valence-electron chi connectivity index (χ4n) is 2.39. The molecule has 18 heavy (non-hydrogen) atoms. The zero-order valence-electron chi connectivity index (χ0n) is 9.76. The summed E-state index contributed by atoms with van der Waals surface area (Å²) in [4.78, 5) is 12.5. The number of rotatable bonds is 0. The number of carbonyl (C=O) groups excluding carboxylic acids is 1. The molecule has 0 fully saturated rings. The molecule has 0 saturated heterocycles. The van der Waals surface area contributed by atoms with Crippen LogP contribution in [0.5, 0.6) is 0 Å². The van der Waals surface area contributed by atoms with E-state index in [4.69, 9.17) is 23.2 Å². The Morgan fingerprint density at radius 3 is 2.61 bits per heavy atom. The van der Waals surface area contributed by atoms with Gasteiger partial charge in [-0.05, 0) is 36.1 Å². The van der Waals surface area contributed by atoms with Gasteiger partial charge in [0.1, 0.15) is 0 Å². The SMILES string of the molecule is Cc1c(Cl)cc2c(c1Cl)C(=O)c1ccccc1C2. The largest absolute Gasteiger partial charge is 0.289 e. The first kappa shape index (κ1) is 11.8. The third-order valence-electron chi connectivity index (χ3n) is 3.40. The second-order valence-electron chi connectivity index (χ2n) is 4.49. The molecule has 90 valence electrons. The van der Waals surface area contributed by atoms with Crippen LogP contribution >= 0.6 is 23.2 Å². The molecule has 0 bridgehead atoms. The summed E-state index contributed by atoms with van der Waals surface area (Å²) in [6.07, 6.45) is 0.705. The molecular weight excluding hydrogens is 267 g/mol. The predicted molar refractivity (Wildman–Crippen MR) is 73.9 cm³/mol. The van der Waals surface area contributed by atoms with Crippen LogP contribution in [-0.2, 0) is 6.42 Å². The second-order valence-corrected chi connectivity index (χ2v) is 5.28. The van der Waals surface area contributed by atoms with Crippen molar-refractivity contribution in [2.24, 2.45) is 0 Å². The highest BCUT2D eigenvalue weighted by molar-refractivity contribution is 6.39. The van der Waals surface area contributed by atoms with E-state index in [1.54, 1.807) is 0 Å². The highest BCUT2D eigenvalue weighted by Crippen LogP contribution is 2.36. The number of ketones is 1. The first-order chi connectivity index (χ1) is 8.59. The lowest BCUT2D eigenvalue weighted by molar-refractivity contribution is 0.103. The van der Waals surface area contributed by atoms with Crippen molar-refractivity contribution in [2.45, 2.75) is 13.3 Å². The Morgan fingerprint density at radius 2 is 1.83 bits per heavy atom. The molecule has 3 heteroatoms. The van der Waals surface area contributed by atoms with Gasteiger partial charge in [0.15, 0.2) is 5.78 Å². The van der Waals surface area contributed by atoms with Gasteiger partial charge in [-0.3, -0.25) is 4.79 Å². The average Bonchev–Trinajstić information content (AvgIpc) is 2.36. The van der Waals surface area contributed by atoms with Crippen molar-refractivity contribution < 1.29 is 4.79 Å². The minimum atomic E-state index is -0.00313. The van der Waals surface area contributed by atoms with Gasteiger partial charge in [-0.2, -0.15) is 0 Å². The first-order valence-electron chi connectivity index (χ1n) is 5.69. The van der Waals surface area contributed by atoms with E-state index in [0.717, 1.165) is 22.3 Å². The molecule has 2 aromatic carbocycles. The van der Waals surface area contributed by atoms with Gasteiger partial charge in [0.2, 0.25) is 0 Å². The molecule has 0 aliphatic heterocycles. The van der Waals surface area contributed by atoms with E-state index >= 15 is 0 Å². The maximum atomic E-state index is 12.5. The molecule has 0 saturated carbocycles. The van der Waals surface area contributed by atoms with Crippen LogP contribution in [0.4, 0.5) is 0 Å². The quantitative estimate of drug-likeness (QED) is 0.593. The Hall–Kier alpha value is -1.31. The van der Waals surface area contributed by atoms with Crippen LogP contribution in [0.3, 0.4) is 0 Å². The van der Waals surface area contributed by atoms with E-state index in [9.17, 15) is 4.79 Å². The van der Waals surface area contributed by atoms with Crippen LogP contribution in [0.1, 0.15) is 32.6 Å². The van der Waals surface area contributed by atoms with Crippen molar-refractivity contribution in [1.82, 2.24) is 0 Å². The van der Waals surface area contributed by atoms with Crippen LogP contribution in [0.25, 0.3) is 0 Å². The Morgan fingerprint density at radius 1 is 1.11 bits per heavy atom. The van der Waals surface area contributed by atoms with E-state index in [-0.39, 0.29) is 5.78 Å². The minimum Gasteiger partial charge on any atom is -0.289 e. The second kappa shape index (κ2) is 4.11. The van der Waals surface area contributed by atoms with Crippen molar-refractivity contribution in [3.63, 3.8) is 0 Å². The Bertz CT molecular complexity index is 674. The van der Waals surface area contributed by atoms with Crippen LogP contribution in [0.15, 0.2) is 30.3 Å². The monoisotopic (exact) mass is 276 g/mol. The van der Waals surface area contributed by atoms with E-state index in [1.165, 1.54) is 0 Å². The van der Waals surface area contributed by atoms with Crippen molar-refractivity contribution in [1.29, 1.82) is 0 Å². The van der Waals surface area contributed by atoms with Gasteiger partial charge in [-0.1, -0.05) is 47.5 Å². The summed E-state index contributed by atoms with van der Waals surface area (Å²) in [6.45, 7) is 1.83. The third kappa shape index (κ3) is 1.58. The summed E-state index contributed by atoms with van der Waals surface area (Å²) < 4.78 is 0. The van der Waals surface area contributed by atoms with Gasteiger partial charge in [0.05, 0.1) is 5.02 Å². The highest BCUT2D eigenvalue weighted by Gasteiger charge is 2.26. The fraction of sp³-hybridized carbons (Fsp3) is 0.133. The van der Waals surface area contributed by atoms with Crippen LogP contribution < -0.4 is 0 Å². The van der Waals surface area contributed by atoms with E-state index in [1.807, 2.05) is 37.3 Å².